The molecule has 3 unspecified atom stereocenters. The molecule has 0 aromatic heterocycles. The van der Waals surface area contributed by atoms with E-state index < -0.39 is 6.04 Å². The SMILES string of the molecule is CCC(C)C(N)C(=O)NC1CCCOc2cc(Cl)ccc21. The summed E-state index contributed by atoms with van der Waals surface area (Å²) in [6, 6.07) is 5.00. The van der Waals surface area contributed by atoms with E-state index >= 15 is 0 Å². The first kappa shape index (κ1) is 16.1. The lowest BCUT2D eigenvalue weighted by atomic mass is 9.97. The summed E-state index contributed by atoms with van der Waals surface area (Å²) in [4.78, 5) is 12.3. The molecule has 4 nitrogen and oxygen atoms in total. The van der Waals surface area contributed by atoms with Gasteiger partial charge < -0.3 is 15.8 Å². The van der Waals surface area contributed by atoms with E-state index in [0.29, 0.717) is 11.6 Å². The van der Waals surface area contributed by atoms with Crippen LogP contribution in [-0.4, -0.2) is 18.6 Å². The summed E-state index contributed by atoms with van der Waals surface area (Å²) in [6.45, 7) is 4.67. The molecule has 0 bridgehead atoms. The molecule has 1 aliphatic heterocycles. The van der Waals surface area contributed by atoms with Crippen molar-refractivity contribution in [3.8, 4) is 5.75 Å². The Kier molecular flexibility index (Phi) is 5.48. The maximum absolute atomic E-state index is 12.3. The number of hydrogen-bond donors (Lipinski definition) is 2. The predicted molar refractivity (Wildman–Crippen MR) is 84.5 cm³/mol. The number of nitrogens with two attached hydrogens (primary N) is 1. The van der Waals surface area contributed by atoms with Gasteiger partial charge in [0, 0.05) is 10.6 Å². The zero-order valence-corrected chi connectivity index (χ0v) is 13.3. The third-order valence-corrected chi connectivity index (χ3v) is 4.36. The van der Waals surface area contributed by atoms with Crippen LogP contribution < -0.4 is 15.8 Å². The second-order valence-electron chi connectivity index (χ2n) is 5.65. The topological polar surface area (TPSA) is 64.4 Å². The van der Waals surface area contributed by atoms with Crippen LogP contribution in [0.2, 0.25) is 5.02 Å². The van der Waals surface area contributed by atoms with E-state index in [9.17, 15) is 4.79 Å². The third-order valence-electron chi connectivity index (χ3n) is 4.12. The number of fused-ring (bicyclic) bond motifs is 1. The molecule has 1 heterocycles. The van der Waals surface area contributed by atoms with E-state index in [1.54, 1.807) is 6.07 Å². The molecule has 0 spiro atoms. The van der Waals surface area contributed by atoms with Gasteiger partial charge in [0.1, 0.15) is 5.75 Å². The molecule has 1 amide bonds. The zero-order valence-electron chi connectivity index (χ0n) is 12.6. The van der Waals surface area contributed by atoms with Crippen LogP contribution in [0, 0.1) is 5.92 Å². The summed E-state index contributed by atoms with van der Waals surface area (Å²) in [6.07, 6.45) is 2.61. The van der Waals surface area contributed by atoms with Gasteiger partial charge in [0.15, 0.2) is 0 Å². The first-order valence-corrected chi connectivity index (χ1v) is 7.89. The van der Waals surface area contributed by atoms with Crippen molar-refractivity contribution >= 4 is 17.5 Å². The minimum atomic E-state index is -0.477. The Hall–Kier alpha value is -1.26. The Labute approximate surface area is 131 Å². The number of amides is 1. The first-order valence-electron chi connectivity index (χ1n) is 7.51. The van der Waals surface area contributed by atoms with Crippen molar-refractivity contribution < 1.29 is 9.53 Å². The Bertz CT molecular complexity index is 507. The van der Waals surface area contributed by atoms with Crippen molar-refractivity contribution in [3.63, 3.8) is 0 Å². The van der Waals surface area contributed by atoms with Crippen molar-refractivity contribution in [1.29, 1.82) is 0 Å². The van der Waals surface area contributed by atoms with E-state index in [2.05, 4.69) is 5.32 Å². The van der Waals surface area contributed by atoms with Crippen LogP contribution in [0.5, 0.6) is 5.75 Å². The molecular formula is C16H23ClN2O2. The van der Waals surface area contributed by atoms with Gasteiger partial charge in [-0.1, -0.05) is 37.9 Å². The van der Waals surface area contributed by atoms with Gasteiger partial charge in [0.05, 0.1) is 18.7 Å². The highest BCUT2D eigenvalue weighted by atomic mass is 35.5. The van der Waals surface area contributed by atoms with Gasteiger partial charge in [0.2, 0.25) is 5.91 Å². The highest BCUT2D eigenvalue weighted by molar-refractivity contribution is 6.30. The molecule has 21 heavy (non-hydrogen) atoms. The fourth-order valence-corrected chi connectivity index (χ4v) is 2.64. The quantitative estimate of drug-likeness (QED) is 0.898. The van der Waals surface area contributed by atoms with Gasteiger partial charge in [-0.3, -0.25) is 4.79 Å². The molecule has 116 valence electrons. The van der Waals surface area contributed by atoms with Gasteiger partial charge in [-0.05, 0) is 30.9 Å². The molecule has 1 aromatic rings. The van der Waals surface area contributed by atoms with Gasteiger partial charge in [-0.15, -0.1) is 0 Å². The number of halogens is 1. The second kappa shape index (κ2) is 7.14. The number of nitrogens with one attached hydrogen (secondary N) is 1. The maximum atomic E-state index is 12.3. The number of rotatable bonds is 4. The fourth-order valence-electron chi connectivity index (χ4n) is 2.48. The summed E-state index contributed by atoms with van der Waals surface area (Å²) in [5.74, 6) is 0.816. The van der Waals surface area contributed by atoms with Crippen LogP contribution in [0.4, 0.5) is 0 Å². The van der Waals surface area contributed by atoms with E-state index in [1.165, 1.54) is 0 Å². The molecule has 0 fully saturated rings. The standard InChI is InChI=1S/C16H23ClN2O2/c1-3-10(2)15(18)16(20)19-13-5-4-8-21-14-9-11(17)6-7-12(13)14/h6-7,9-10,13,15H,3-5,8,18H2,1-2H3,(H,19,20). The van der Waals surface area contributed by atoms with Gasteiger partial charge >= 0.3 is 0 Å². The first-order chi connectivity index (χ1) is 10.0. The van der Waals surface area contributed by atoms with Crippen LogP contribution in [0.3, 0.4) is 0 Å². The molecule has 0 aliphatic carbocycles. The third kappa shape index (κ3) is 3.89. The highest BCUT2D eigenvalue weighted by Crippen LogP contribution is 2.33. The smallest absolute Gasteiger partial charge is 0.237 e. The zero-order chi connectivity index (χ0) is 15.4. The Balaban J connectivity index is 2.15. The number of carbonyl (C=O) groups is 1. The van der Waals surface area contributed by atoms with E-state index in [-0.39, 0.29) is 17.9 Å². The predicted octanol–water partition coefficient (Wildman–Crippen LogP) is 3.04. The monoisotopic (exact) mass is 310 g/mol. The fraction of sp³-hybridized carbons (Fsp3) is 0.562. The number of benzene rings is 1. The van der Waals surface area contributed by atoms with Crippen molar-refractivity contribution in [3.05, 3.63) is 28.8 Å². The molecule has 5 heteroatoms. The Morgan fingerprint density at radius 1 is 1.57 bits per heavy atom. The molecule has 1 aliphatic rings. The van der Waals surface area contributed by atoms with Gasteiger partial charge in [-0.25, -0.2) is 0 Å². The molecule has 0 radical (unpaired) electrons. The summed E-state index contributed by atoms with van der Waals surface area (Å²) in [7, 11) is 0. The van der Waals surface area contributed by atoms with Crippen LogP contribution in [-0.2, 0) is 4.79 Å². The molecular weight excluding hydrogens is 288 g/mol. The van der Waals surface area contributed by atoms with Gasteiger partial charge in [-0.2, -0.15) is 0 Å². The van der Waals surface area contributed by atoms with Crippen LogP contribution in [0.15, 0.2) is 18.2 Å². The van der Waals surface area contributed by atoms with Crippen LogP contribution >= 0.6 is 11.6 Å². The number of hydrogen-bond acceptors (Lipinski definition) is 3. The minimum absolute atomic E-state index is 0.0672. The second-order valence-corrected chi connectivity index (χ2v) is 6.08. The molecule has 2 rings (SSSR count). The van der Waals surface area contributed by atoms with E-state index in [1.807, 2.05) is 26.0 Å². The minimum Gasteiger partial charge on any atom is -0.493 e. The lowest BCUT2D eigenvalue weighted by Gasteiger charge is -2.23. The highest BCUT2D eigenvalue weighted by Gasteiger charge is 2.26. The van der Waals surface area contributed by atoms with E-state index in [4.69, 9.17) is 22.1 Å². The van der Waals surface area contributed by atoms with Gasteiger partial charge in [0.25, 0.3) is 0 Å². The van der Waals surface area contributed by atoms with Crippen molar-refractivity contribution in [2.24, 2.45) is 11.7 Å². The average Bonchev–Trinajstić information content (AvgIpc) is 2.67. The van der Waals surface area contributed by atoms with E-state index in [0.717, 1.165) is 30.6 Å². The normalized spacial score (nSPS) is 20.7. The number of carbonyl (C=O) groups excluding carboxylic acids is 1. The molecule has 3 N–H and O–H groups in total. The van der Waals surface area contributed by atoms with Crippen molar-refractivity contribution in [2.75, 3.05) is 6.61 Å². The lowest BCUT2D eigenvalue weighted by molar-refractivity contribution is -0.124. The Morgan fingerprint density at radius 3 is 3.05 bits per heavy atom. The Morgan fingerprint density at radius 2 is 2.33 bits per heavy atom. The molecule has 0 saturated carbocycles. The number of ether oxygens (including phenoxy) is 1. The lowest BCUT2D eigenvalue weighted by Crippen LogP contribution is -2.45. The maximum Gasteiger partial charge on any atom is 0.237 e. The summed E-state index contributed by atoms with van der Waals surface area (Å²) in [5.41, 5.74) is 6.98. The van der Waals surface area contributed by atoms with Crippen molar-refractivity contribution in [2.45, 2.75) is 45.2 Å². The molecule has 1 aromatic carbocycles. The summed E-state index contributed by atoms with van der Waals surface area (Å²) >= 11 is 6.01. The van der Waals surface area contributed by atoms with Crippen molar-refractivity contribution in [1.82, 2.24) is 5.32 Å². The molecule has 3 atom stereocenters. The largest absolute Gasteiger partial charge is 0.493 e. The van der Waals surface area contributed by atoms with Crippen LogP contribution in [0.1, 0.15) is 44.7 Å². The average molecular weight is 311 g/mol. The molecule has 0 saturated heterocycles. The summed E-state index contributed by atoms with van der Waals surface area (Å²) in [5, 5.41) is 3.70. The summed E-state index contributed by atoms with van der Waals surface area (Å²) < 4.78 is 5.70. The van der Waals surface area contributed by atoms with Crippen LogP contribution in [0.25, 0.3) is 0 Å².